The largest absolute Gasteiger partial charge is 0.480 e. The van der Waals surface area contributed by atoms with Crippen molar-refractivity contribution < 1.29 is 9.90 Å². The lowest BCUT2D eigenvalue weighted by Crippen LogP contribution is -2.29. The van der Waals surface area contributed by atoms with Gasteiger partial charge in [0.05, 0.1) is 0 Å². The van der Waals surface area contributed by atoms with Crippen molar-refractivity contribution in [2.45, 2.75) is 46.1 Å². The average Bonchev–Trinajstić information content (AvgIpc) is 2.20. The van der Waals surface area contributed by atoms with Gasteiger partial charge in [0.25, 0.3) is 0 Å². The molecule has 1 atom stereocenters. The van der Waals surface area contributed by atoms with E-state index in [2.05, 4.69) is 32.9 Å². The van der Waals surface area contributed by atoms with Crippen LogP contribution < -0.4 is 0 Å². The number of hydrogen-bond donors (Lipinski definition) is 1. The third-order valence-electron chi connectivity index (χ3n) is 3.48. The van der Waals surface area contributed by atoms with Crippen molar-refractivity contribution in [2.24, 2.45) is 0 Å². The van der Waals surface area contributed by atoms with Crippen LogP contribution in [0.5, 0.6) is 0 Å². The van der Waals surface area contributed by atoms with Crippen LogP contribution in [0.25, 0.3) is 0 Å². The van der Waals surface area contributed by atoms with Gasteiger partial charge in [-0.15, -0.1) is 0 Å². The van der Waals surface area contributed by atoms with E-state index in [9.17, 15) is 9.90 Å². The molecule has 0 fully saturated rings. The normalized spacial score (nSPS) is 13.7. The van der Waals surface area contributed by atoms with Crippen molar-refractivity contribution in [3.05, 3.63) is 34.4 Å². The van der Waals surface area contributed by atoms with Crippen molar-refractivity contribution in [3.8, 4) is 0 Å². The Hall–Kier alpha value is -1.35. The summed E-state index contributed by atoms with van der Waals surface area (Å²) in [5.41, 5.74) is 4.32. The predicted octanol–water partition coefficient (Wildman–Crippen LogP) is 3.29. The van der Waals surface area contributed by atoms with Crippen LogP contribution in [0.1, 0.15) is 49.1 Å². The van der Waals surface area contributed by atoms with Gasteiger partial charge in [-0.2, -0.15) is 0 Å². The van der Waals surface area contributed by atoms with E-state index >= 15 is 0 Å². The molecule has 0 aliphatic heterocycles. The molecular weight excluding hydrogens is 238 g/mol. The van der Waals surface area contributed by atoms with Gasteiger partial charge in [-0.05, 0) is 55.6 Å². The van der Waals surface area contributed by atoms with Gasteiger partial charge < -0.3 is 5.11 Å². The highest BCUT2D eigenvalue weighted by Crippen LogP contribution is 2.31. The third-order valence-corrected chi connectivity index (χ3v) is 3.48. The summed E-state index contributed by atoms with van der Waals surface area (Å²) < 4.78 is 0. The zero-order valence-corrected chi connectivity index (χ0v) is 13.0. The molecule has 0 amide bonds. The molecule has 1 N–H and O–H groups in total. The lowest BCUT2D eigenvalue weighted by atomic mass is 9.82. The maximum absolute atomic E-state index is 11.5. The molecule has 0 bridgehead atoms. The molecule has 0 aliphatic carbocycles. The maximum Gasteiger partial charge on any atom is 0.325 e. The SMILES string of the molecule is Cc1cc(C(C)(C)C)cc(C)c1C(C(=O)O)N(C)C. The maximum atomic E-state index is 11.5. The van der Waals surface area contributed by atoms with Crippen molar-refractivity contribution in [1.29, 1.82) is 0 Å². The fourth-order valence-electron chi connectivity index (χ4n) is 2.44. The lowest BCUT2D eigenvalue weighted by molar-refractivity contribution is -0.142. The van der Waals surface area contributed by atoms with E-state index in [1.54, 1.807) is 19.0 Å². The van der Waals surface area contributed by atoms with E-state index in [4.69, 9.17) is 0 Å². The first-order valence-electron chi connectivity index (χ1n) is 6.56. The molecule has 106 valence electrons. The molecule has 3 nitrogen and oxygen atoms in total. The Bertz CT molecular complexity index is 461. The Morgan fingerprint density at radius 3 is 1.84 bits per heavy atom. The monoisotopic (exact) mass is 263 g/mol. The van der Waals surface area contributed by atoms with Crippen LogP contribution >= 0.6 is 0 Å². The number of hydrogen-bond acceptors (Lipinski definition) is 2. The molecule has 0 aromatic heterocycles. The Labute approximate surface area is 116 Å². The summed E-state index contributed by atoms with van der Waals surface area (Å²) in [6.07, 6.45) is 0. The summed E-state index contributed by atoms with van der Waals surface area (Å²) in [5, 5.41) is 9.43. The van der Waals surface area contributed by atoms with Gasteiger partial charge in [0.2, 0.25) is 0 Å². The number of benzene rings is 1. The molecule has 0 saturated heterocycles. The van der Waals surface area contributed by atoms with Gasteiger partial charge in [0.1, 0.15) is 6.04 Å². The smallest absolute Gasteiger partial charge is 0.325 e. The number of likely N-dealkylation sites (N-methyl/N-ethyl adjacent to an activating group) is 1. The molecule has 0 saturated carbocycles. The number of carboxylic acids is 1. The van der Waals surface area contributed by atoms with Crippen LogP contribution in [-0.2, 0) is 10.2 Å². The number of aryl methyl sites for hydroxylation is 2. The van der Waals surface area contributed by atoms with Crippen LogP contribution in [0.4, 0.5) is 0 Å². The minimum absolute atomic E-state index is 0.0743. The quantitative estimate of drug-likeness (QED) is 0.909. The molecule has 0 radical (unpaired) electrons. The first-order valence-corrected chi connectivity index (χ1v) is 6.56. The zero-order chi connectivity index (χ0) is 15.0. The van der Waals surface area contributed by atoms with E-state index in [0.717, 1.165) is 16.7 Å². The Morgan fingerprint density at radius 1 is 1.16 bits per heavy atom. The highest BCUT2D eigenvalue weighted by molar-refractivity contribution is 5.76. The molecule has 1 aromatic carbocycles. The topological polar surface area (TPSA) is 40.5 Å². The predicted molar refractivity (Wildman–Crippen MR) is 78.7 cm³/mol. The van der Waals surface area contributed by atoms with Crippen LogP contribution in [0.15, 0.2) is 12.1 Å². The van der Waals surface area contributed by atoms with Crippen molar-refractivity contribution in [2.75, 3.05) is 14.1 Å². The molecule has 1 rings (SSSR count). The number of carbonyl (C=O) groups is 1. The average molecular weight is 263 g/mol. The number of aliphatic carboxylic acids is 1. The molecular formula is C16H25NO2. The van der Waals surface area contributed by atoms with Crippen molar-refractivity contribution in [1.82, 2.24) is 4.90 Å². The van der Waals surface area contributed by atoms with Gasteiger partial charge in [-0.1, -0.05) is 32.9 Å². The number of carboxylic acid groups (broad SMARTS) is 1. The minimum Gasteiger partial charge on any atom is -0.480 e. The third kappa shape index (κ3) is 3.35. The molecule has 1 unspecified atom stereocenters. The Balaban J connectivity index is 3.43. The van der Waals surface area contributed by atoms with Crippen LogP contribution in [-0.4, -0.2) is 30.1 Å². The Morgan fingerprint density at radius 2 is 1.58 bits per heavy atom. The van der Waals surface area contributed by atoms with Crippen molar-refractivity contribution in [3.63, 3.8) is 0 Å². The summed E-state index contributed by atoms with van der Waals surface area (Å²) in [7, 11) is 3.60. The van der Waals surface area contributed by atoms with E-state index < -0.39 is 12.0 Å². The van der Waals surface area contributed by atoms with Crippen LogP contribution in [0.2, 0.25) is 0 Å². The fraction of sp³-hybridized carbons (Fsp3) is 0.562. The molecule has 0 spiro atoms. The summed E-state index contributed by atoms with van der Waals surface area (Å²) in [4.78, 5) is 13.2. The van der Waals surface area contributed by atoms with Gasteiger partial charge in [-0.3, -0.25) is 9.69 Å². The van der Waals surface area contributed by atoms with E-state index in [-0.39, 0.29) is 5.41 Å². The molecule has 0 aliphatic rings. The van der Waals surface area contributed by atoms with Gasteiger partial charge in [0, 0.05) is 0 Å². The highest BCUT2D eigenvalue weighted by Gasteiger charge is 2.27. The standard InChI is InChI=1S/C16H25NO2/c1-10-8-12(16(3,4)5)9-11(2)13(10)14(15(18)19)17(6)7/h8-9,14H,1-7H3,(H,18,19). The number of rotatable bonds is 3. The second kappa shape index (κ2) is 5.33. The molecule has 0 heterocycles. The Kier molecular flexibility index (Phi) is 4.41. The lowest BCUT2D eigenvalue weighted by Gasteiger charge is -2.27. The zero-order valence-electron chi connectivity index (χ0n) is 13.0. The van der Waals surface area contributed by atoms with E-state index in [0.29, 0.717) is 0 Å². The molecule has 19 heavy (non-hydrogen) atoms. The molecule has 1 aromatic rings. The van der Waals surface area contributed by atoms with Gasteiger partial charge in [-0.25, -0.2) is 0 Å². The summed E-state index contributed by atoms with van der Waals surface area (Å²) >= 11 is 0. The number of nitrogens with zero attached hydrogens (tertiary/aromatic N) is 1. The van der Waals surface area contributed by atoms with E-state index in [1.165, 1.54) is 5.56 Å². The van der Waals surface area contributed by atoms with Crippen LogP contribution in [0.3, 0.4) is 0 Å². The second-order valence-electron chi connectivity index (χ2n) is 6.48. The molecule has 3 heteroatoms. The first kappa shape index (κ1) is 15.7. The van der Waals surface area contributed by atoms with E-state index in [1.807, 2.05) is 13.8 Å². The minimum atomic E-state index is -0.806. The summed E-state index contributed by atoms with van der Waals surface area (Å²) in [6, 6.07) is 3.64. The van der Waals surface area contributed by atoms with Gasteiger partial charge in [0.15, 0.2) is 0 Å². The summed E-state index contributed by atoms with van der Waals surface area (Å²) in [5.74, 6) is -0.806. The first-order chi connectivity index (χ1) is 8.55. The summed E-state index contributed by atoms with van der Waals surface area (Å²) in [6.45, 7) is 10.5. The van der Waals surface area contributed by atoms with Crippen molar-refractivity contribution >= 4 is 5.97 Å². The van der Waals surface area contributed by atoms with Crippen LogP contribution in [0, 0.1) is 13.8 Å². The fourth-order valence-corrected chi connectivity index (χ4v) is 2.44. The highest BCUT2D eigenvalue weighted by atomic mass is 16.4. The second-order valence-corrected chi connectivity index (χ2v) is 6.48. The van der Waals surface area contributed by atoms with Gasteiger partial charge >= 0.3 is 5.97 Å².